The van der Waals surface area contributed by atoms with Crippen LogP contribution in [0.2, 0.25) is 0 Å². The summed E-state index contributed by atoms with van der Waals surface area (Å²) < 4.78 is 66.1. The minimum atomic E-state index is -5.52. The van der Waals surface area contributed by atoms with Crippen molar-refractivity contribution in [2.45, 2.75) is 21.7 Å². The van der Waals surface area contributed by atoms with Gasteiger partial charge in [0.25, 0.3) is 15.2 Å². The van der Waals surface area contributed by atoms with Gasteiger partial charge in [-0.1, -0.05) is 12.1 Å². The lowest BCUT2D eigenvalue weighted by Crippen LogP contribution is -2.31. The molecule has 49 heavy (non-hydrogen) atoms. The van der Waals surface area contributed by atoms with Crippen molar-refractivity contribution in [1.82, 2.24) is 19.9 Å². The third-order valence-electron chi connectivity index (χ3n) is 5.72. The molecule has 0 radical (unpaired) electrons. The van der Waals surface area contributed by atoms with Gasteiger partial charge in [-0.05, 0) is 17.7 Å². The Morgan fingerprint density at radius 2 is 0.816 bits per heavy atom. The van der Waals surface area contributed by atoms with Gasteiger partial charge in [-0.25, -0.2) is 9.97 Å². The number of aromatic nitrogens is 4. The molecule has 0 aliphatic carbocycles. The molecule has 25 nitrogen and oxygen atoms in total. The summed E-state index contributed by atoms with van der Waals surface area (Å²) in [5, 5.41) is 18.1. The molecular weight excluding hydrogens is 794 g/mol. The predicted molar refractivity (Wildman–Crippen MR) is 159 cm³/mol. The second-order valence-electron chi connectivity index (χ2n) is 9.22. The first-order valence-corrected chi connectivity index (χ1v) is 21.5. The van der Waals surface area contributed by atoms with Gasteiger partial charge in [0.1, 0.15) is 6.33 Å². The molecule has 0 aliphatic rings. The van der Waals surface area contributed by atoms with E-state index in [0.717, 1.165) is 24.8 Å². The lowest BCUT2D eigenvalue weighted by atomic mass is 10.2. The summed E-state index contributed by atoms with van der Waals surface area (Å²) in [4.78, 5) is 120. The molecule has 0 spiro atoms. The second-order valence-corrected chi connectivity index (χ2v) is 20.9. The van der Waals surface area contributed by atoms with E-state index < -0.39 is 78.4 Å². The average Bonchev–Trinajstić information content (AvgIpc) is 2.95. The Hall–Kier alpha value is -1.84. The van der Waals surface area contributed by atoms with Crippen molar-refractivity contribution in [3.05, 3.63) is 84.5 Å². The van der Waals surface area contributed by atoms with Crippen molar-refractivity contribution in [1.29, 1.82) is 0 Å². The molecular formula is C18H28N4O21P6. The molecule has 0 aliphatic heterocycles. The maximum absolute atomic E-state index is 11.0. The highest BCUT2D eigenvalue weighted by molar-refractivity contribution is 7.72. The first kappa shape index (κ1) is 45.2. The molecule has 0 bridgehead atoms. The summed E-state index contributed by atoms with van der Waals surface area (Å²) in [7, 11) is -32.8. The van der Waals surface area contributed by atoms with Gasteiger partial charge in [-0.15, -0.1) is 0 Å². The van der Waals surface area contributed by atoms with Gasteiger partial charge in [0.2, 0.25) is 0 Å². The second kappa shape index (κ2) is 15.8. The van der Waals surface area contributed by atoms with E-state index >= 15 is 0 Å². The topological polar surface area (TPSA) is 457 Å². The average molecular weight is 822 g/mol. The Labute approximate surface area is 273 Å². The number of pyridine rings is 2. The summed E-state index contributed by atoms with van der Waals surface area (Å²) in [5.74, 6) is 0. The van der Waals surface area contributed by atoms with Gasteiger partial charge in [-0.3, -0.25) is 37.4 Å². The summed E-state index contributed by atoms with van der Waals surface area (Å²) >= 11 is 0. The molecule has 276 valence electrons. The zero-order valence-electron chi connectivity index (χ0n) is 23.7. The molecule has 0 aromatic carbocycles. The smallest absolute Gasteiger partial charge is 0.367 e. The predicted octanol–water partition coefficient (Wildman–Crippen LogP) is -1.90. The highest BCUT2D eigenvalue weighted by atomic mass is 31.3. The number of hydrogen-bond donors (Lipinski definition) is 15. The number of rotatable bonds is 10. The van der Waals surface area contributed by atoms with Crippen LogP contribution in [-0.4, -0.2) is 99.1 Å². The van der Waals surface area contributed by atoms with Crippen molar-refractivity contribution in [3.63, 3.8) is 0 Å². The zero-order chi connectivity index (χ0) is 38.5. The summed E-state index contributed by atoms with van der Waals surface area (Å²) in [6, 6.07) is 4.90. The lowest BCUT2D eigenvalue weighted by Gasteiger charge is -2.29. The lowest BCUT2D eigenvalue weighted by molar-refractivity contribution is 0.130. The Kier molecular flexibility index (Phi) is 14.6. The van der Waals surface area contributed by atoms with E-state index in [1.165, 1.54) is 30.6 Å². The van der Waals surface area contributed by atoms with Crippen LogP contribution < -0.4 is 0 Å². The van der Waals surface area contributed by atoms with Crippen molar-refractivity contribution in [2.24, 2.45) is 0 Å². The molecule has 0 unspecified atom stereocenters. The Balaban J connectivity index is 0.000000368. The molecule has 3 heterocycles. The number of hydrogen-bond acceptors (Lipinski definition) is 13. The van der Waals surface area contributed by atoms with Crippen LogP contribution in [0.3, 0.4) is 0 Å². The van der Waals surface area contributed by atoms with E-state index in [1.54, 1.807) is 0 Å². The Bertz CT molecular complexity index is 1680. The van der Waals surface area contributed by atoms with Crippen molar-refractivity contribution >= 4 is 45.6 Å². The molecule has 0 amide bonds. The van der Waals surface area contributed by atoms with Gasteiger partial charge in [-0.2, -0.15) is 0 Å². The third-order valence-corrected chi connectivity index (χ3v) is 16.9. The van der Waals surface area contributed by atoms with Crippen LogP contribution in [0.15, 0.2) is 67.8 Å². The molecule has 0 atom stereocenters. The normalized spacial score (nSPS) is 13.8. The van der Waals surface area contributed by atoms with Crippen molar-refractivity contribution in [2.75, 3.05) is 0 Å². The van der Waals surface area contributed by atoms with Crippen LogP contribution >= 0.6 is 45.6 Å². The van der Waals surface area contributed by atoms with Crippen LogP contribution in [0.25, 0.3) is 0 Å². The molecule has 31 heteroatoms. The highest BCUT2D eigenvalue weighted by Gasteiger charge is 2.62. The van der Waals surface area contributed by atoms with Crippen molar-refractivity contribution in [3.8, 4) is 0 Å². The number of nitrogens with zero attached hydrogens (tertiary/aromatic N) is 4. The molecule has 3 aromatic heterocycles. The van der Waals surface area contributed by atoms with Gasteiger partial charge < -0.3 is 74.0 Å². The number of aliphatic hydroxyl groups is 3. The van der Waals surface area contributed by atoms with E-state index in [0.29, 0.717) is 12.4 Å². The van der Waals surface area contributed by atoms with Crippen LogP contribution in [0.5, 0.6) is 0 Å². The Morgan fingerprint density at radius 3 is 1.12 bits per heavy atom. The van der Waals surface area contributed by atoms with Crippen LogP contribution in [0, 0.1) is 0 Å². The van der Waals surface area contributed by atoms with Gasteiger partial charge in [0, 0.05) is 54.7 Å². The quantitative estimate of drug-likeness (QED) is 0.0993. The van der Waals surface area contributed by atoms with E-state index in [-0.39, 0.29) is 5.56 Å². The highest BCUT2D eigenvalue weighted by Crippen LogP contribution is 2.73. The molecule has 3 aromatic rings. The first-order valence-electron chi connectivity index (χ1n) is 11.8. The fourth-order valence-electron chi connectivity index (χ4n) is 3.20. The molecule has 0 fully saturated rings. The van der Waals surface area contributed by atoms with E-state index in [1.807, 2.05) is 0 Å². The third kappa shape index (κ3) is 10.4. The summed E-state index contributed by atoms with van der Waals surface area (Å²) in [6.45, 7) is 0. The van der Waals surface area contributed by atoms with Crippen molar-refractivity contribution < 1.29 is 101 Å². The van der Waals surface area contributed by atoms with Crippen LogP contribution in [0.4, 0.5) is 0 Å². The maximum atomic E-state index is 11.0. The van der Waals surface area contributed by atoms with Crippen LogP contribution in [0.1, 0.15) is 16.7 Å². The minimum Gasteiger partial charge on any atom is -0.367 e. The molecule has 3 rings (SSSR count). The maximum Gasteiger partial charge on any atom is 0.374 e. The standard InChI is InChI=1S/C7H11NO7P2.C6H9NO7P2.C5H8N2O7P2/c9-7(16(10,11)12,17(13,14)15)4-6-2-1-3-8-5-6;8-6(15(9,10)11,16(12,13)14)5-2-1-3-7-4-5;8-5(15(9,10)11,16(12,13)14)4-1-6-3-7-2-4/h1-3,5,9H,4H2,(H2,10,11,12)(H2,13,14,15);1-4,8H,(H2,9,10,11)(H2,12,13,14);1-3,8H,(H2,9,10,11)(H2,12,13,14). The van der Waals surface area contributed by atoms with Gasteiger partial charge in [0.15, 0.2) is 0 Å². The summed E-state index contributed by atoms with van der Waals surface area (Å²) in [5.41, 5.74) is -1.30. The van der Waals surface area contributed by atoms with Gasteiger partial charge >= 0.3 is 45.6 Å². The van der Waals surface area contributed by atoms with E-state index in [4.69, 9.17) is 58.7 Å². The fraction of sp³-hybridized carbons (Fsp3) is 0.222. The molecule has 15 N–H and O–H groups in total. The monoisotopic (exact) mass is 822 g/mol. The van der Waals surface area contributed by atoms with E-state index in [2.05, 4.69) is 19.9 Å². The molecule has 0 saturated carbocycles. The zero-order valence-corrected chi connectivity index (χ0v) is 29.1. The first-order chi connectivity index (χ1) is 21.8. The van der Waals surface area contributed by atoms with Gasteiger partial charge in [0.05, 0.1) is 0 Å². The van der Waals surface area contributed by atoms with Crippen LogP contribution in [-0.2, 0) is 44.0 Å². The fourth-order valence-corrected chi connectivity index (χ4v) is 9.89. The largest absolute Gasteiger partial charge is 0.374 e. The van der Waals surface area contributed by atoms with E-state index in [9.17, 15) is 42.7 Å². The minimum absolute atomic E-state index is 0.0988. The Morgan fingerprint density at radius 1 is 0.469 bits per heavy atom. The summed E-state index contributed by atoms with van der Waals surface area (Å²) in [6.07, 6.45) is 6.03. The molecule has 0 saturated heterocycles. The SMILES string of the molecule is O=P(O)(O)C(O)(Cc1cccnc1)P(=O)(O)O.O=P(O)(O)C(O)(c1cccnc1)P(=O)(O)O.O=P(O)(O)C(O)(c1cncnc1)P(=O)(O)O.